The number of carbonyl (C=O) groups is 7. The Hall–Kier alpha value is -7.63. The molecule has 6 rings (SSSR count). The largest absolute Gasteiger partial charge is 0.489 e. The quantitative estimate of drug-likeness (QED) is 0.0182. The van der Waals surface area contributed by atoms with Gasteiger partial charge in [0.2, 0.25) is 29.5 Å². The number of fused-ring (bicyclic) bond motifs is 1. The van der Waals surface area contributed by atoms with Crippen LogP contribution in [0, 0.1) is 30.6 Å². The zero-order chi connectivity index (χ0) is 78.0. The standard InChI is InChI=1S/C80H118ClN9O17/c1-14-56(7)71(88(11)77(95)70(53(2)3)86-79(97)80(9,10)87-68(91)30-36-100-38-40-102-42-44-104-46-47-105-45-43-103-41-39-101-37-31-82)67(98-12)51-69(92)90-34-29-60(49-61-22-18-33-89-52-65(84-74(61)89)59-25-23-55(6)24-26-59)72(90)73(99-13)57(8)75(93)85-64(48-58-20-16-15-17-21-58)78(96)106-35-19-32-83-76(94)62-27-28-66(63(81)50-62)107-54(4)5/h15-18,20-28,33,50,52-54,56-57,60,64,67,70-73H,14,19,29-32,34-49,51,82H2,1-13H3,(H,83,94)(H,85,93)(H,86,97)(H,87,91)/t56-,57+,60?,64-,67?,70?,71-,72-,73+/m0/s1. The maximum Gasteiger partial charge on any atom is 0.328 e. The van der Waals surface area contributed by atoms with Crippen molar-refractivity contribution in [1.29, 1.82) is 0 Å². The van der Waals surface area contributed by atoms with Crippen LogP contribution in [0.1, 0.15) is 121 Å². The molecule has 1 fully saturated rings. The Kier molecular flexibility index (Phi) is 38.0. The van der Waals surface area contributed by atoms with E-state index in [-0.39, 0.29) is 88.4 Å². The van der Waals surface area contributed by atoms with Gasteiger partial charge in [-0.2, -0.15) is 0 Å². The first kappa shape index (κ1) is 88.3. The van der Waals surface area contributed by atoms with E-state index in [4.69, 9.17) is 69.7 Å². The van der Waals surface area contributed by atoms with E-state index in [1.807, 2.05) is 132 Å². The number of methoxy groups -OCH3 is 2. The molecule has 9 atom stereocenters. The van der Waals surface area contributed by atoms with Crippen LogP contribution in [0.15, 0.2) is 97.3 Å². The van der Waals surface area contributed by atoms with E-state index >= 15 is 14.4 Å². The van der Waals surface area contributed by atoms with Gasteiger partial charge in [0.15, 0.2) is 0 Å². The Labute approximate surface area is 637 Å². The fraction of sp³-hybridized carbons (Fsp3) is 0.600. The number of halogens is 1. The lowest BCUT2D eigenvalue weighted by molar-refractivity contribution is -0.150. The molecular weight excluding hydrogens is 1390 g/mol. The van der Waals surface area contributed by atoms with E-state index in [1.165, 1.54) is 20.3 Å². The molecule has 0 radical (unpaired) electrons. The molecule has 3 aromatic carbocycles. The molecule has 6 N–H and O–H groups in total. The Balaban J connectivity index is 1.12. The highest BCUT2D eigenvalue weighted by Crippen LogP contribution is 2.37. The molecule has 3 heterocycles. The number of hydrogen-bond donors (Lipinski definition) is 5. The third kappa shape index (κ3) is 28.1. The molecule has 2 aromatic heterocycles. The number of imidazole rings is 1. The number of amides is 6. The molecule has 26 nitrogen and oxygen atoms in total. The van der Waals surface area contributed by atoms with Gasteiger partial charge in [-0.3, -0.25) is 28.8 Å². The fourth-order valence-corrected chi connectivity index (χ4v) is 13.2. The van der Waals surface area contributed by atoms with E-state index in [0.29, 0.717) is 108 Å². The Morgan fingerprint density at radius 1 is 0.757 bits per heavy atom. The van der Waals surface area contributed by atoms with E-state index in [2.05, 4.69) is 21.3 Å². The van der Waals surface area contributed by atoms with Gasteiger partial charge in [0.1, 0.15) is 29.0 Å². The highest BCUT2D eigenvalue weighted by atomic mass is 35.5. The number of nitrogens with one attached hydrogen (secondary N) is 4. The van der Waals surface area contributed by atoms with Crippen LogP contribution < -0.4 is 31.7 Å². The summed E-state index contributed by atoms with van der Waals surface area (Å²) < 4.78 is 59.2. The van der Waals surface area contributed by atoms with Crippen molar-refractivity contribution >= 4 is 58.7 Å². The highest BCUT2D eigenvalue weighted by molar-refractivity contribution is 6.32. The minimum absolute atomic E-state index is 0.0298. The maximum atomic E-state index is 15.6. The van der Waals surface area contributed by atoms with Crippen molar-refractivity contribution in [2.45, 2.75) is 162 Å². The van der Waals surface area contributed by atoms with E-state index in [0.717, 1.165) is 33.6 Å². The van der Waals surface area contributed by atoms with Crippen LogP contribution >= 0.6 is 11.6 Å². The second-order valence-electron chi connectivity index (χ2n) is 28.3. The number of aryl methyl sites for hydroxylation is 1. The summed E-state index contributed by atoms with van der Waals surface area (Å²) in [5.41, 5.74) is 9.61. The molecule has 5 aromatic rings. The zero-order valence-electron chi connectivity index (χ0n) is 65.0. The van der Waals surface area contributed by atoms with Crippen molar-refractivity contribution in [3.63, 3.8) is 0 Å². The summed E-state index contributed by atoms with van der Waals surface area (Å²) >= 11 is 6.41. The lowest BCUT2D eigenvalue weighted by Crippen LogP contribution is -2.62. The average Bonchev–Trinajstić information content (AvgIpc) is 1.71. The number of likely N-dealkylation sites (N-methyl/N-ethyl adjacent to an activating group) is 1. The third-order valence-corrected chi connectivity index (χ3v) is 19.3. The smallest absolute Gasteiger partial charge is 0.328 e. The first-order valence-corrected chi connectivity index (χ1v) is 37.9. The Morgan fingerprint density at radius 3 is 1.96 bits per heavy atom. The zero-order valence-corrected chi connectivity index (χ0v) is 65.8. The molecule has 107 heavy (non-hydrogen) atoms. The van der Waals surface area contributed by atoms with Gasteiger partial charge in [-0.15, -0.1) is 0 Å². The lowest BCUT2D eigenvalue weighted by atomic mass is 9.84. The molecule has 0 bridgehead atoms. The number of carbonyl (C=O) groups excluding carboxylic acids is 7. The van der Waals surface area contributed by atoms with Crippen molar-refractivity contribution < 1.29 is 80.9 Å². The number of nitrogens with two attached hydrogens (primary N) is 1. The average molecular weight is 1510 g/mol. The molecule has 0 aliphatic carbocycles. The number of benzene rings is 3. The van der Waals surface area contributed by atoms with Gasteiger partial charge >= 0.3 is 5.97 Å². The van der Waals surface area contributed by atoms with Crippen LogP contribution in [0.4, 0.5) is 0 Å². The number of rotatable bonds is 50. The summed E-state index contributed by atoms with van der Waals surface area (Å²) in [6.45, 7) is 23.7. The van der Waals surface area contributed by atoms with Crippen LogP contribution in [0.3, 0.4) is 0 Å². The van der Waals surface area contributed by atoms with Crippen molar-refractivity contribution in [2.24, 2.45) is 29.4 Å². The summed E-state index contributed by atoms with van der Waals surface area (Å²) in [7, 11) is 4.69. The Bertz CT molecular complexity index is 3550. The topological polar surface area (TPSA) is 310 Å². The second-order valence-corrected chi connectivity index (χ2v) is 28.7. The molecule has 0 spiro atoms. The van der Waals surface area contributed by atoms with Crippen molar-refractivity contribution in [2.75, 3.05) is 127 Å². The minimum Gasteiger partial charge on any atom is -0.489 e. The molecule has 1 aliphatic rings. The van der Waals surface area contributed by atoms with Crippen LogP contribution in [-0.4, -0.2) is 235 Å². The van der Waals surface area contributed by atoms with Gasteiger partial charge < -0.3 is 88.6 Å². The summed E-state index contributed by atoms with van der Waals surface area (Å²) in [4.78, 5) is 109. The van der Waals surface area contributed by atoms with E-state index < -0.39 is 83.3 Å². The van der Waals surface area contributed by atoms with E-state index in [9.17, 15) is 19.2 Å². The molecule has 1 saturated heterocycles. The fourth-order valence-electron chi connectivity index (χ4n) is 13.0. The predicted octanol–water partition coefficient (Wildman–Crippen LogP) is 8.01. The lowest BCUT2D eigenvalue weighted by Gasteiger charge is -2.41. The van der Waals surface area contributed by atoms with Crippen LogP contribution in [0.25, 0.3) is 16.9 Å². The minimum atomic E-state index is -1.44. The van der Waals surface area contributed by atoms with Gasteiger partial charge in [0, 0.05) is 77.3 Å². The summed E-state index contributed by atoms with van der Waals surface area (Å²) in [6.07, 6.45) is 3.79. The molecule has 3 unspecified atom stereocenters. The Morgan fingerprint density at radius 2 is 1.38 bits per heavy atom. The first-order valence-electron chi connectivity index (χ1n) is 37.5. The number of ether oxygens (including phenoxy) is 10. The number of pyridine rings is 1. The SMILES string of the molecule is CC[C@H](C)[C@@H](C(CC(=O)N1CCC(Cc2cccn3cc(-c4ccc(C)cc4)nc23)[C@H]1[C@H](OC)[C@@H](C)C(=O)N[C@@H](Cc1ccccc1)C(=O)OCCCNC(=O)c1ccc(OC(C)C)c(Cl)c1)OC)N(C)C(=O)C(NC(=O)C(C)(C)NC(=O)CCOCCOCCOCCOCCOCCOCCN)C(C)C. The van der Waals surface area contributed by atoms with Crippen LogP contribution in [-0.2, 0) is 84.2 Å². The molecular formula is C80H118ClN9O17. The second kappa shape index (κ2) is 46.0. The maximum absolute atomic E-state index is 15.6. The third-order valence-electron chi connectivity index (χ3n) is 19.0. The molecule has 27 heteroatoms. The van der Waals surface area contributed by atoms with Gasteiger partial charge in [-0.25, -0.2) is 9.78 Å². The van der Waals surface area contributed by atoms with Gasteiger partial charge in [0.25, 0.3) is 5.91 Å². The van der Waals surface area contributed by atoms with Crippen molar-refractivity contribution in [3.8, 4) is 17.0 Å². The number of aromatic nitrogens is 2. The molecule has 1 aliphatic heterocycles. The molecule has 6 amide bonds. The van der Waals surface area contributed by atoms with Crippen LogP contribution in [0.5, 0.6) is 5.75 Å². The molecule has 592 valence electrons. The number of hydrogen-bond acceptors (Lipinski definition) is 19. The van der Waals surface area contributed by atoms with Crippen molar-refractivity contribution in [3.05, 3.63) is 125 Å². The normalized spacial score (nSPS) is 15.8. The highest BCUT2D eigenvalue weighted by Gasteiger charge is 2.48. The summed E-state index contributed by atoms with van der Waals surface area (Å²) in [6, 6.07) is 22.6. The summed E-state index contributed by atoms with van der Waals surface area (Å²) in [5, 5.41) is 11.9. The van der Waals surface area contributed by atoms with Gasteiger partial charge in [-0.05, 0) is 107 Å². The number of esters is 1. The summed E-state index contributed by atoms with van der Waals surface area (Å²) in [5.74, 6) is -4.66. The van der Waals surface area contributed by atoms with Crippen molar-refractivity contribution in [1.82, 2.24) is 40.5 Å². The predicted molar refractivity (Wildman–Crippen MR) is 409 cm³/mol. The van der Waals surface area contributed by atoms with Gasteiger partial charge in [-0.1, -0.05) is 119 Å². The monoisotopic (exact) mass is 1510 g/mol. The number of nitrogens with zero attached hydrogens (tertiary/aromatic N) is 4. The van der Waals surface area contributed by atoms with Crippen LogP contribution in [0.2, 0.25) is 5.02 Å². The number of likely N-dealkylation sites (tertiary alicyclic amines) is 1. The first-order chi connectivity index (χ1) is 51.3. The van der Waals surface area contributed by atoms with E-state index in [1.54, 1.807) is 49.8 Å². The molecule has 0 saturated carbocycles. The van der Waals surface area contributed by atoms with Gasteiger partial charge in [0.05, 0.1) is 139 Å².